The van der Waals surface area contributed by atoms with Crippen molar-refractivity contribution in [3.8, 4) is 0 Å². The van der Waals surface area contributed by atoms with E-state index in [1.54, 1.807) is 0 Å². The third-order valence-corrected chi connectivity index (χ3v) is 6.74. The van der Waals surface area contributed by atoms with Crippen molar-refractivity contribution in [2.75, 3.05) is 0 Å². The number of carboxylic acid groups (broad SMARTS) is 3. The van der Waals surface area contributed by atoms with Gasteiger partial charge in [-0.25, -0.2) is 0 Å². The molecule has 0 aromatic carbocycles. The van der Waals surface area contributed by atoms with Crippen LogP contribution in [-0.2, 0) is 14.4 Å². The molecule has 0 aliphatic rings. The van der Waals surface area contributed by atoms with Crippen molar-refractivity contribution in [2.24, 2.45) is 40.9 Å². The Hall–Kier alpha value is -1.71. The molecular formula is C28H59N3O6. The Morgan fingerprint density at radius 3 is 1.38 bits per heavy atom. The minimum atomic E-state index is -0.808. The molecule has 9 N–H and O–H groups in total. The van der Waals surface area contributed by atoms with Crippen LogP contribution in [0.3, 0.4) is 0 Å². The molecule has 0 rings (SSSR count). The van der Waals surface area contributed by atoms with E-state index in [2.05, 4.69) is 41.5 Å². The molecule has 0 aromatic rings. The van der Waals surface area contributed by atoms with Gasteiger partial charge in [-0.2, -0.15) is 0 Å². The van der Waals surface area contributed by atoms with E-state index in [4.69, 9.17) is 32.5 Å². The minimum Gasteiger partial charge on any atom is -0.481 e. The summed E-state index contributed by atoms with van der Waals surface area (Å²) in [5, 5.41) is 25.4. The molecule has 7 atom stereocenters. The highest BCUT2D eigenvalue weighted by Gasteiger charge is 2.20. The van der Waals surface area contributed by atoms with Crippen LogP contribution >= 0.6 is 0 Å². The fraction of sp³-hybridized carbons (Fsp3) is 0.893. The fourth-order valence-electron chi connectivity index (χ4n) is 4.11. The zero-order chi connectivity index (χ0) is 29.6. The second-order valence-corrected chi connectivity index (χ2v) is 10.8. The van der Waals surface area contributed by atoms with Gasteiger partial charge in [0.25, 0.3) is 0 Å². The molecule has 0 spiro atoms. The molecule has 0 bridgehead atoms. The lowest BCUT2D eigenvalue weighted by molar-refractivity contribution is -0.138. The van der Waals surface area contributed by atoms with Crippen LogP contribution < -0.4 is 17.2 Å². The van der Waals surface area contributed by atoms with Gasteiger partial charge in [-0.05, 0) is 36.5 Å². The average Bonchev–Trinajstić information content (AvgIpc) is 2.75. The Labute approximate surface area is 225 Å². The zero-order valence-corrected chi connectivity index (χ0v) is 24.6. The van der Waals surface area contributed by atoms with Crippen LogP contribution in [0.2, 0.25) is 0 Å². The molecule has 9 nitrogen and oxygen atoms in total. The topological polar surface area (TPSA) is 190 Å². The van der Waals surface area contributed by atoms with Crippen molar-refractivity contribution in [3.05, 3.63) is 0 Å². The van der Waals surface area contributed by atoms with E-state index in [0.29, 0.717) is 17.8 Å². The third kappa shape index (κ3) is 28.7. The van der Waals surface area contributed by atoms with Crippen molar-refractivity contribution in [2.45, 2.75) is 137 Å². The van der Waals surface area contributed by atoms with Gasteiger partial charge in [0.05, 0.1) is 19.3 Å². The number of carboxylic acids is 3. The van der Waals surface area contributed by atoms with E-state index in [1.807, 2.05) is 6.92 Å². The predicted octanol–water partition coefficient (Wildman–Crippen LogP) is 5.09. The molecule has 0 aliphatic heterocycles. The van der Waals surface area contributed by atoms with Gasteiger partial charge in [-0.3, -0.25) is 14.4 Å². The van der Waals surface area contributed by atoms with Crippen LogP contribution in [-0.4, -0.2) is 51.4 Å². The molecule has 222 valence electrons. The number of aliphatic carboxylic acids is 3. The Balaban J connectivity index is -0.000000469. The van der Waals surface area contributed by atoms with Crippen molar-refractivity contribution in [1.82, 2.24) is 0 Å². The highest BCUT2D eigenvalue weighted by Crippen LogP contribution is 2.19. The molecule has 9 heteroatoms. The zero-order valence-electron chi connectivity index (χ0n) is 24.6. The van der Waals surface area contributed by atoms with E-state index in [0.717, 1.165) is 38.5 Å². The quantitative estimate of drug-likeness (QED) is 0.139. The summed E-state index contributed by atoms with van der Waals surface area (Å²) in [6.45, 7) is 14.7. The molecule has 0 fully saturated rings. The molecule has 0 amide bonds. The fourth-order valence-corrected chi connectivity index (χ4v) is 4.11. The van der Waals surface area contributed by atoms with Crippen molar-refractivity contribution >= 4 is 17.9 Å². The van der Waals surface area contributed by atoms with Gasteiger partial charge in [0.2, 0.25) is 0 Å². The van der Waals surface area contributed by atoms with Crippen LogP contribution in [0.25, 0.3) is 0 Å². The Morgan fingerprint density at radius 2 is 1.05 bits per heavy atom. The molecule has 0 unspecified atom stereocenters. The van der Waals surface area contributed by atoms with Crippen LogP contribution in [0.15, 0.2) is 0 Å². The lowest BCUT2D eigenvalue weighted by atomic mass is 9.86. The first-order valence-corrected chi connectivity index (χ1v) is 14.0. The molecular weight excluding hydrogens is 474 g/mol. The largest absolute Gasteiger partial charge is 0.481 e. The van der Waals surface area contributed by atoms with Gasteiger partial charge in [-0.1, -0.05) is 87.0 Å². The van der Waals surface area contributed by atoms with Crippen molar-refractivity contribution < 1.29 is 29.7 Å². The molecule has 0 aromatic heterocycles. The predicted molar refractivity (Wildman–Crippen MR) is 151 cm³/mol. The SMILES string of the molecule is CCCC[C@@H](C)C[C@H](N)CC(=O)O.CCC[C@@H](C)C[C@H](N)CC(=O)O.CC[C@@H](C)[C@@H](C)[C@H](N)CC(=O)O. The van der Waals surface area contributed by atoms with Crippen LogP contribution in [0.4, 0.5) is 0 Å². The lowest BCUT2D eigenvalue weighted by Gasteiger charge is -2.23. The number of nitrogens with two attached hydrogens (primary N) is 3. The van der Waals surface area contributed by atoms with E-state index >= 15 is 0 Å². The number of unbranched alkanes of at least 4 members (excludes halogenated alkanes) is 1. The smallest absolute Gasteiger partial charge is 0.304 e. The first-order chi connectivity index (χ1) is 17.1. The number of carbonyl (C=O) groups is 3. The van der Waals surface area contributed by atoms with Gasteiger partial charge in [0, 0.05) is 18.1 Å². The summed E-state index contributed by atoms with van der Waals surface area (Å²) in [4.78, 5) is 30.9. The lowest BCUT2D eigenvalue weighted by Crippen LogP contribution is -2.34. The summed E-state index contributed by atoms with van der Waals surface area (Å²) in [7, 11) is 0. The summed E-state index contributed by atoms with van der Waals surface area (Å²) in [6.07, 6.45) is 8.79. The first-order valence-electron chi connectivity index (χ1n) is 14.0. The number of hydrogen-bond acceptors (Lipinski definition) is 6. The summed E-state index contributed by atoms with van der Waals surface area (Å²) < 4.78 is 0. The molecule has 37 heavy (non-hydrogen) atoms. The van der Waals surface area contributed by atoms with Gasteiger partial charge >= 0.3 is 17.9 Å². The maximum Gasteiger partial charge on any atom is 0.304 e. The molecule has 0 saturated heterocycles. The normalized spacial score (nSPS) is 16.4. The molecule has 0 heterocycles. The Bertz CT molecular complexity index is 590. The van der Waals surface area contributed by atoms with Gasteiger partial charge < -0.3 is 32.5 Å². The summed E-state index contributed by atoms with van der Waals surface area (Å²) in [6, 6.07) is -0.564. The van der Waals surface area contributed by atoms with E-state index < -0.39 is 17.9 Å². The van der Waals surface area contributed by atoms with E-state index in [9.17, 15) is 14.4 Å². The maximum atomic E-state index is 10.3. The van der Waals surface area contributed by atoms with E-state index in [-0.39, 0.29) is 43.3 Å². The van der Waals surface area contributed by atoms with Gasteiger partial charge in [0.1, 0.15) is 0 Å². The van der Waals surface area contributed by atoms with Gasteiger partial charge in [-0.15, -0.1) is 0 Å². The first kappa shape index (κ1) is 39.8. The summed E-state index contributed by atoms with van der Waals surface area (Å²) >= 11 is 0. The third-order valence-electron chi connectivity index (χ3n) is 6.74. The highest BCUT2D eigenvalue weighted by molar-refractivity contribution is 5.68. The highest BCUT2D eigenvalue weighted by atomic mass is 16.4. The standard InChI is InChI=1S/C10H21NO2.2C9H19NO2/c1-3-4-5-8(2)6-9(11)7-10(12)13;1-4-6(2)7(3)8(10)5-9(11)12;1-3-4-7(2)5-8(10)6-9(11)12/h8-9H,3-7,11H2,1-2H3,(H,12,13);6-8H,4-5,10H2,1-3H3,(H,11,12);7-8H,3-6,10H2,1-2H3,(H,11,12)/t8-,9+;6-,7-,8-;7-,8+/m111/s1. The maximum absolute atomic E-state index is 10.3. The van der Waals surface area contributed by atoms with E-state index in [1.165, 1.54) is 12.8 Å². The number of rotatable bonds is 18. The molecule has 0 radical (unpaired) electrons. The van der Waals surface area contributed by atoms with Crippen LogP contribution in [0.1, 0.15) is 119 Å². The second-order valence-electron chi connectivity index (χ2n) is 10.8. The monoisotopic (exact) mass is 533 g/mol. The minimum absolute atomic E-state index is 0.0749. The number of hydrogen-bond donors (Lipinski definition) is 6. The van der Waals surface area contributed by atoms with Gasteiger partial charge in [0.15, 0.2) is 0 Å². The molecule has 0 aliphatic carbocycles. The molecule has 0 saturated carbocycles. The van der Waals surface area contributed by atoms with Crippen LogP contribution in [0.5, 0.6) is 0 Å². The Morgan fingerprint density at radius 1 is 0.649 bits per heavy atom. The summed E-state index contributed by atoms with van der Waals surface area (Å²) in [5.41, 5.74) is 17.0. The second kappa shape index (κ2) is 24.6. The average molecular weight is 534 g/mol. The van der Waals surface area contributed by atoms with Crippen molar-refractivity contribution in [3.63, 3.8) is 0 Å². The van der Waals surface area contributed by atoms with Crippen LogP contribution in [0, 0.1) is 23.7 Å². The van der Waals surface area contributed by atoms with Crippen molar-refractivity contribution in [1.29, 1.82) is 0 Å². The summed E-state index contributed by atoms with van der Waals surface area (Å²) in [5.74, 6) is -0.525. The Kier molecular flexibility index (Phi) is 26.5.